The monoisotopic (exact) mass is 340 g/mol. The zero-order chi connectivity index (χ0) is 17.2. The van der Waals surface area contributed by atoms with Crippen molar-refractivity contribution in [3.8, 4) is 0 Å². The van der Waals surface area contributed by atoms with Crippen LogP contribution in [0.4, 0.5) is 0 Å². The lowest BCUT2D eigenvalue weighted by molar-refractivity contribution is -0.172. The van der Waals surface area contributed by atoms with Crippen molar-refractivity contribution in [3.63, 3.8) is 0 Å². The van der Waals surface area contributed by atoms with E-state index in [0.29, 0.717) is 13.0 Å². The normalized spacial score (nSPS) is 18.0. The van der Waals surface area contributed by atoms with E-state index in [2.05, 4.69) is 69.3 Å². The molecule has 0 aliphatic carbocycles. The molecule has 1 atom stereocenters. The molecule has 0 aromatic heterocycles. The lowest BCUT2D eigenvalue weighted by Gasteiger charge is -2.44. The molecular formula is C20H24O3Si. The van der Waals surface area contributed by atoms with Crippen LogP contribution >= 0.6 is 0 Å². The molecule has 3 nitrogen and oxygen atoms in total. The number of ether oxygens (including phenoxy) is 1. The number of hydrogen-bond acceptors (Lipinski definition) is 3. The summed E-state index contributed by atoms with van der Waals surface area (Å²) in [5.41, 5.74) is 0. The molecule has 1 aliphatic heterocycles. The molecule has 0 radical (unpaired) electrons. The largest absolute Gasteiger partial charge is 0.459 e. The van der Waals surface area contributed by atoms with E-state index in [1.165, 1.54) is 10.4 Å². The Morgan fingerprint density at radius 1 is 1.00 bits per heavy atom. The second-order valence-electron chi connectivity index (χ2n) is 7.29. The predicted octanol–water partition coefficient (Wildman–Crippen LogP) is 2.88. The molecule has 0 N–H and O–H groups in total. The number of rotatable bonds is 5. The van der Waals surface area contributed by atoms with Gasteiger partial charge in [-0.2, -0.15) is 0 Å². The van der Waals surface area contributed by atoms with E-state index in [1.54, 1.807) is 0 Å². The Morgan fingerprint density at radius 3 is 1.83 bits per heavy atom. The van der Waals surface area contributed by atoms with Crippen molar-refractivity contribution in [2.45, 2.75) is 38.3 Å². The number of esters is 1. The Labute approximate surface area is 144 Å². The first kappa shape index (κ1) is 16.9. The van der Waals surface area contributed by atoms with Gasteiger partial charge in [-0.25, -0.2) is 0 Å². The van der Waals surface area contributed by atoms with E-state index in [9.17, 15) is 4.79 Å². The molecule has 126 valence electrons. The van der Waals surface area contributed by atoms with Crippen LogP contribution in [0.1, 0.15) is 27.2 Å². The van der Waals surface area contributed by atoms with E-state index in [-0.39, 0.29) is 17.1 Å². The number of hydrogen-bond donors (Lipinski definition) is 0. The van der Waals surface area contributed by atoms with Gasteiger partial charge in [0.2, 0.25) is 0 Å². The van der Waals surface area contributed by atoms with Crippen molar-refractivity contribution in [3.05, 3.63) is 60.7 Å². The summed E-state index contributed by atoms with van der Waals surface area (Å²) in [4.78, 5) is 11.1. The fourth-order valence-electron chi connectivity index (χ4n) is 3.43. The predicted molar refractivity (Wildman–Crippen MR) is 98.1 cm³/mol. The van der Waals surface area contributed by atoms with Gasteiger partial charge in [0.25, 0.3) is 8.32 Å². The van der Waals surface area contributed by atoms with Gasteiger partial charge in [-0.05, 0) is 15.4 Å². The average Bonchev–Trinajstić information content (AvgIpc) is 2.54. The summed E-state index contributed by atoms with van der Waals surface area (Å²) in [6.45, 7) is 7.18. The SMILES string of the molecule is CC(C)(C)[Si](OC[C@H]1CC(=O)O1)(c1ccccc1)c1ccccc1. The summed E-state index contributed by atoms with van der Waals surface area (Å²) in [6, 6.07) is 21.0. The van der Waals surface area contributed by atoms with Crippen LogP contribution in [-0.4, -0.2) is 27.0 Å². The molecule has 1 aliphatic rings. The van der Waals surface area contributed by atoms with Gasteiger partial charge in [-0.1, -0.05) is 81.4 Å². The maximum absolute atomic E-state index is 11.1. The summed E-state index contributed by atoms with van der Waals surface area (Å²) in [6.07, 6.45) is 0.345. The Hall–Kier alpha value is -1.91. The van der Waals surface area contributed by atoms with Gasteiger partial charge in [0.05, 0.1) is 13.0 Å². The minimum atomic E-state index is -2.51. The van der Waals surface area contributed by atoms with E-state index >= 15 is 0 Å². The smallest absolute Gasteiger partial charge is 0.310 e. The third-order valence-electron chi connectivity index (χ3n) is 4.59. The lowest BCUT2D eigenvalue weighted by atomic mass is 10.2. The number of cyclic esters (lactones) is 1. The van der Waals surface area contributed by atoms with Crippen LogP contribution in [0.2, 0.25) is 5.04 Å². The fraction of sp³-hybridized carbons (Fsp3) is 0.350. The topological polar surface area (TPSA) is 35.5 Å². The minimum absolute atomic E-state index is 0.0521. The van der Waals surface area contributed by atoms with Crippen molar-refractivity contribution in [2.75, 3.05) is 6.61 Å². The van der Waals surface area contributed by atoms with Gasteiger partial charge in [0.15, 0.2) is 0 Å². The lowest BCUT2D eigenvalue weighted by Crippen LogP contribution is -2.67. The highest BCUT2D eigenvalue weighted by atomic mass is 28.4. The van der Waals surface area contributed by atoms with E-state index in [1.807, 2.05) is 12.1 Å². The van der Waals surface area contributed by atoms with Crippen molar-refractivity contribution in [1.29, 1.82) is 0 Å². The molecule has 2 aromatic rings. The van der Waals surface area contributed by atoms with Crippen LogP contribution in [0.5, 0.6) is 0 Å². The second-order valence-corrected chi connectivity index (χ2v) is 11.6. The van der Waals surface area contributed by atoms with Crippen LogP contribution in [0.15, 0.2) is 60.7 Å². The van der Waals surface area contributed by atoms with Crippen LogP contribution in [0, 0.1) is 0 Å². The molecule has 0 amide bonds. The maximum atomic E-state index is 11.1. The van der Waals surface area contributed by atoms with E-state index in [0.717, 1.165) is 0 Å². The van der Waals surface area contributed by atoms with E-state index < -0.39 is 8.32 Å². The Balaban J connectivity index is 2.05. The van der Waals surface area contributed by atoms with Gasteiger partial charge in [0, 0.05) is 0 Å². The first-order valence-electron chi connectivity index (χ1n) is 8.38. The fourth-order valence-corrected chi connectivity index (χ4v) is 8.03. The van der Waals surface area contributed by atoms with Crippen molar-refractivity contribution in [1.82, 2.24) is 0 Å². The number of carbonyl (C=O) groups excluding carboxylic acids is 1. The third kappa shape index (κ3) is 3.04. The van der Waals surface area contributed by atoms with Crippen molar-refractivity contribution >= 4 is 24.7 Å². The van der Waals surface area contributed by atoms with Crippen molar-refractivity contribution < 1.29 is 14.0 Å². The molecule has 0 unspecified atom stereocenters. The summed E-state index contributed by atoms with van der Waals surface area (Å²) < 4.78 is 11.9. The zero-order valence-corrected chi connectivity index (χ0v) is 15.5. The van der Waals surface area contributed by atoms with E-state index in [4.69, 9.17) is 9.16 Å². The van der Waals surface area contributed by atoms with Crippen LogP contribution < -0.4 is 10.4 Å². The third-order valence-corrected chi connectivity index (χ3v) is 9.60. The Morgan fingerprint density at radius 2 is 1.46 bits per heavy atom. The zero-order valence-electron chi connectivity index (χ0n) is 14.5. The molecule has 2 aromatic carbocycles. The molecule has 4 heteroatoms. The molecule has 1 heterocycles. The molecule has 3 rings (SSSR count). The highest BCUT2D eigenvalue weighted by molar-refractivity contribution is 6.99. The second kappa shape index (κ2) is 6.53. The molecule has 0 saturated carbocycles. The molecule has 0 bridgehead atoms. The van der Waals surface area contributed by atoms with Gasteiger partial charge < -0.3 is 9.16 Å². The molecule has 24 heavy (non-hydrogen) atoms. The quantitative estimate of drug-likeness (QED) is 0.620. The van der Waals surface area contributed by atoms with Gasteiger partial charge in [-0.3, -0.25) is 4.79 Å². The summed E-state index contributed by atoms with van der Waals surface area (Å²) in [5, 5.41) is 2.44. The first-order chi connectivity index (χ1) is 11.4. The van der Waals surface area contributed by atoms with Gasteiger partial charge >= 0.3 is 5.97 Å². The molecule has 1 saturated heterocycles. The maximum Gasteiger partial charge on any atom is 0.310 e. The van der Waals surface area contributed by atoms with Gasteiger partial charge in [0.1, 0.15) is 6.10 Å². The standard InChI is InChI=1S/C20H24O3Si/c1-20(2,3)24(17-10-6-4-7-11-17,18-12-8-5-9-13-18)22-15-16-14-19(21)23-16/h4-13,16H,14-15H2,1-3H3/t16-/m1/s1. The molecule has 0 spiro atoms. The number of carbonyl (C=O) groups is 1. The van der Waals surface area contributed by atoms with Gasteiger partial charge in [-0.15, -0.1) is 0 Å². The highest BCUT2D eigenvalue weighted by Gasteiger charge is 2.50. The summed E-state index contributed by atoms with van der Waals surface area (Å²) in [5.74, 6) is -0.133. The Bertz CT molecular complexity index is 644. The molecular weight excluding hydrogens is 316 g/mol. The van der Waals surface area contributed by atoms with Crippen LogP contribution in [0.25, 0.3) is 0 Å². The van der Waals surface area contributed by atoms with Crippen LogP contribution in [0.3, 0.4) is 0 Å². The first-order valence-corrected chi connectivity index (χ1v) is 10.3. The van der Waals surface area contributed by atoms with Crippen molar-refractivity contribution in [2.24, 2.45) is 0 Å². The molecule has 1 fully saturated rings. The Kier molecular flexibility index (Phi) is 4.61. The highest BCUT2D eigenvalue weighted by Crippen LogP contribution is 2.37. The van der Waals surface area contributed by atoms with Crippen LogP contribution in [-0.2, 0) is 14.0 Å². The summed E-state index contributed by atoms with van der Waals surface area (Å²) >= 11 is 0. The number of benzene rings is 2. The minimum Gasteiger partial charge on any atom is -0.459 e. The summed E-state index contributed by atoms with van der Waals surface area (Å²) in [7, 11) is -2.51. The average molecular weight is 340 g/mol.